The van der Waals surface area contributed by atoms with Crippen LogP contribution < -0.4 is 10.1 Å². The summed E-state index contributed by atoms with van der Waals surface area (Å²) in [5, 5.41) is 2.85. The molecule has 0 saturated carbocycles. The van der Waals surface area contributed by atoms with Crippen molar-refractivity contribution in [3.63, 3.8) is 0 Å². The van der Waals surface area contributed by atoms with E-state index in [4.69, 9.17) is 9.47 Å². The molecule has 1 atom stereocenters. The lowest BCUT2D eigenvalue weighted by Gasteiger charge is -2.17. The summed E-state index contributed by atoms with van der Waals surface area (Å²) in [4.78, 5) is 24.3. The number of rotatable bonds is 7. The zero-order valence-corrected chi connectivity index (χ0v) is 16.5. The van der Waals surface area contributed by atoms with Crippen LogP contribution in [0.3, 0.4) is 0 Å². The predicted octanol–water partition coefficient (Wildman–Crippen LogP) is 4.38. The SMILES string of the molecule is Cc1cccc(O[C@@H](C)C(=O)OCC(=O)Nc2c(C)cccc2C(C)C)c1. The Balaban J connectivity index is 1.91. The Morgan fingerprint density at radius 1 is 1.04 bits per heavy atom. The number of esters is 1. The molecule has 0 heterocycles. The molecule has 2 aromatic carbocycles. The van der Waals surface area contributed by atoms with Gasteiger partial charge in [-0.25, -0.2) is 4.79 Å². The zero-order chi connectivity index (χ0) is 20.0. The second-order valence-corrected chi connectivity index (χ2v) is 6.93. The Hall–Kier alpha value is -2.82. The smallest absolute Gasteiger partial charge is 0.347 e. The van der Waals surface area contributed by atoms with Crippen molar-refractivity contribution in [2.75, 3.05) is 11.9 Å². The van der Waals surface area contributed by atoms with E-state index in [1.54, 1.807) is 13.0 Å². The molecule has 0 aliphatic carbocycles. The monoisotopic (exact) mass is 369 g/mol. The highest BCUT2D eigenvalue weighted by Crippen LogP contribution is 2.27. The molecule has 0 saturated heterocycles. The second kappa shape index (κ2) is 9.21. The Morgan fingerprint density at radius 3 is 2.41 bits per heavy atom. The van der Waals surface area contributed by atoms with Crippen LogP contribution in [0.15, 0.2) is 42.5 Å². The molecule has 0 unspecified atom stereocenters. The molecule has 5 heteroatoms. The Kier molecular flexibility index (Phi) is 6.99. The summed E-state index contributed by atoms with van der Waals surface area (Å²) in [7, 11) is 0. The molecular formula is C22H27NO4. The van der Waals surface area contributed by atoms with E-state index in [0.29, 0.717) is 5.75 Å². The van der Waals surface area contributed by atoms with Gasteiger partial charge in [0, 0.05) is 5.69 Å². The van der Waals surface area contributed by atoms with Gasteiger partial charge in [-0.1, -0.05) is 44.2 Å². The Labute approximate surface area is 160 Å². The highest BCUT2D eigenvalue weighted by molar-refractivity contribution is 5.94. The lowest BCUT2D eigenvalue weighted by Crippen LogP contribution is -2.30. The average molecular weight is 369 g/mol. The predicted molar refractivity (Wildman–Crippen MR) is 106 cm³/mol. The number of ether oxygens (including phenoxy) is 2. The molecular weight excluding hydrogens is 342 g/mol. The van der Waals surface area contributed by atoms with E-state index < -0.39 is 12.1 Å². The van der Waals surface area contributed by atoms with Gasteiger partial charge < -0.3 is 14.8 Å². The molecule has 1 amide bonds. The van der Waals surface area contributed by atoms with Crippen molar-refractivity contribution >= 4 is 17.6 Å². The molecule has 0 bridgehead atoms. The number of para-hydroxylation sites is 1. The first-order chi connectivity index (χ1) is 12.8. The zero-order valence-electron chi connectivity index (χ0n) is 16.5. The summed E-state index contributed by atoms with van der Waals surface area (Å²) in [6.45, 7) is 9.25. The quantitative estimate of drug-likeness (QED) is 0.736. The van der Waals surface area contributed by atoms with Crippen LogP contribution in [0.5, 0.6) is 5.75 Å². The molecule has 0 radical (unpaired) electrons. The number of aryl methyl sites for hydroxylation is 2. The van der Waals surface area contributed by atoms with Crippen LogP contribution in [0.25, 0.3) is 0 Å². The van der Waals surface area contributed by atoms with E-state index in [1.807, 2.05) is 50.2 Å². The number of hydrogen-bond donors (Lipinski definition) is 1. The van der Waals surface area contributed by atoms with Gasteiger partial charge in [0.25, 0.3) is 5.91 Å². The highest BCUT2D eigenvalue weighted by atomic mass is 16.6. The molecule has 0 fully saturated rings. The number of carbonyl (C=O) groups excluding carboxylic acids is 2. The van der Waals surface area contributed by atoms with Gasteiger partial charge in [0.2, 0.25) is 0 Å². The number of anilines is 1. The van der Waals surface area contributed by atoms with Crippen LogP contribution in [-0.2, 0) is 14.3 Å². The molecule has 27 heavy (non-hydrogen) atoms. The molecule has 5 nitrogen and oxygen atoms in total. The van der Waals surface area contributed by atoms with Crippen LogP contribution in [-0.4, -0.2) is 24.6 Å². The average Bonchev–Trinajstić information content (AvgIpc) is 2.61. The Bertz CT molecular complexity index is 814. The minimum atomic E-state index is -0.802. The van der Waals surface area contributed by atoms with Crippen LogP contribution in [0, 0.1) is 13.8 Å². The van der Waals surface area contributed by atoms with Gasteiger partial charge in [-0.2, -0.15) is 0 Å². The molecule has 1 N–H and O–H groups in total. The molecule has 0 aliphatic heterocycles. The fourth-order valence-corrected chi connectivity index (χ4v) is 2.71. The topological polar surface area (TPSA) is 64.6 Å². The van der Waals surface area contributed by atoms with Gasteiger partial charge in [0.05, 0.1) is 0 Å². The largest absolute Gasteiger partial charge is 0.479 e. The van der Waals surface area contributed by atoms with E-state index in [1.165, 1.54) is 0 Å². The molecule has 0 aliphatic rings. The van der Waals surface area contributed by atoms with Crippen LogP contribution in [0.2, 0.25) is 0 Å². The lowest BCUT2D eigenvalue weighted by atomic mass is 9.98. The summed E-state index contributed by atoms with van der Waals surface area (Å²) in [6.07, 6.45) is -0.802. The van der Waals surface area contributed by atoms with Gasteiger partial charge in [0.15, 0.2) is 12.7 Å². The van der Waals surface area contributed by atoms with Crippen LogP contribution >= 0.6 is 0 Å². The minimum Gasteiger partial charge on any atom is -0.479 e. The molecule has 144 valence electrons. The number of benzene rings is 2. The first-order valence-electron chi connectivity index (χ1n) is 9.07. The molecule has 0 aromatic heterocycles. The van der Waals surface area contributed by atoms with Gasteiger partial charge >= 0.3 is 5.97 Å². The van der Waals surface area contributed by atoms with Crippen molar-refractivity contribution in [2.24, 2.45) is 0 Å². The third-order valence-electron chi connectivity index (χ3n) is 4.17. The summed E-state index contributed by atoms with van der Waals surface area (Å²) in [5.41, 5.74) is 3.83. The van der Waals surface area contributed by atoms with Crippen molar-refractivity contribution < 1.29 is 19.1 Å². The van der Waals surface area contributed by atoms with E-state index in [9.17, 15) is 9.59 Å². The van der Waals surface area contributed by atoms with E-state index in [2.05, 4.69) is 19.2 Å². The third kappa shape index (κ3) is 5.84. The maximum absolute atomic E-state index is 12.2. The minimum absolute atomic E-state index is 0.269. The van der Waals surface area contributed by atoms with Gasteiger partial charge in [-0.05, 0) is 55.5 Å². The standard InChI is InChI=1S/C22H27NO4/c1-14(2)19-11-7-9-16(4)21(19)23-20(24)13-26-22(25)17(5)27-18-10-6-8-15(3)12-18/h6-12,14,17H,13H2,1-5H3,(H,23,24)/t17-/m0/s1. The van der Waals surface area contributed by atoms with Gasteiger partial charge in [0.1, 0.15) is 5.75 Å². The summed E-state index contributed by atoms with van der Waals surface area (Å²) >= 11 is 0. The number of carbonyl (C=O) groups is 2. The fourth-order valence-electron chi connectivity index (χ4n) is 2.71. The lowest BCUT2D eigenvalue weighted by molar-refractivity contribution is -0.153. The van der Waals surface area contributed by atoms with Crippen molar-refractivity contribution in [1.29, 1.82) is 0 Å². The van der Waals surface area contributed by atoms with Gasteiger partial charge in [-0.15, -0.1) is 0 Å². The number of amides is 1. The van der Waals surface area contributed by atoms with Crippen LogP contribution in [0.1, 0.15) is 43.4 Å². The second-order valence-electron chi connectivity index (χ2n) is 6.93. The summed E-state index contributed by atoms with van der Waals surface area (Å²) in [6, 6.07) is 13.3. The number of nitrogens with one attached hydrogen (secondary N) is 1. The maximum atomic E-state index is 12.2. The molecule has 2 rings (SSSR count). The third-order valence-corrected chi connectivity index (χ3v) is 4.17. The first-order valence-corrected chi connectivity index (χ1v) is 9.07. The van der Waals surface area contributed by atoms with E-state index in [0.717, 1.165) is 22.4 Å². The van der Waals surface area contributed by atoms with E-state index >= 15 is 0 Å². The summed E-state index contributed by atoms with van der Waals surface area (Å²) < 4.78 is 10.7. The van der Waals surface area contributed by atoms with Crippen molar-refractivity contribution in [1.82, 2.24) is 0 Å². The Morgan fingerprint density at radius 2 is 1.74 bits per heavy atom. The summed E-state index contributed by atoms with van der Waals surface area (Å²) in [5.74, 6) is -0.0984. The molecule has 0 spiro atoms. The van der Waals surface area contributed by atoms with E-state index in [-0.39, 0.29) is 18.4 Å². The van der Waals surface area contributed by atoms with Gasteiger partial charge in [-0.3, -0.25) is 4.79 Å². The van der Waals surface area contributed by atoms with Crippen molar-refractivity contribution in [3.05, 3.63) is 59.2 Å². The normalized spacial score (nSPS) is 11.8. The number of hydrogen-bond acceptors (Lipinski definition) is 4. The molecule has 2 aromatic rings. The van der Waals surface area contributed by atoms with Crippen molar-refractivity contribution in [2.45, 2.75) is 46.6 Å². The van der Waals surface area contributed by atoms with Crippen LogP contribution in [0.4, 0.5) is 5.69 Å². The maximum Gasteiger partial charge on any atom is 0.347 e. The first kappa shape index (κ1) is 20.5. The van der Waals surface area contributed by atoms with Crippen molar-refractivity contribution in [3.8, 4) is 5.75 Å². The highest BCUT2D eigenvalue weighted by Gasteiger charge is 2.19. The fraction of sp³-hybridized carbons (Fsp3) is 0.364.